The van der Waals surface area contributed by atoms with E-state index in [0.717, 1.165) is 17.1 Å². The number of imidazole rings is 1. The first kappa shape index (κ1) is 12.1. The topological polar surface area (TPSA) is 60.9 Å². The average molecular weight is 272 g/mol. The second kappa shape index (κ2) is 4.85. The Labute approximate surface area is 109 Å². The molecule has 17 heavy (non-hydrogen) atoms. The van der Waals surface area contributed by atoms with Crippen LogP contribution in [0.3, 0.4) is 0 Å². The van der Waals surface area contributed by atoms with Gasteiger partial charge in [-0.1, -0.05) is 23.2 Å². The number of halogens is 2. The van der Waals surface area contributed by atoms with E-state index in [4.69, 9.17) is 23.2 Å². The van der Waals surface area contributed by atoms with E-state index < -0.39 is 0 Å². The van der Waals surface area contributed by atoms with E-state index in [9.17, 15) is 5.11 Å². The quantitative estimate of drug-likeness (QED) is 0.751. The summed E-state index contributed by atoms with van der Waals surface area (Å²) in [7, 11) is 0. The Morgan fingerprint density at radius 2 is 2.00 bits per heavy atom. The first-order valence-electron chi connectivity index (χ1n) is 4.98. The highest BCUT2D eigenvalue weighted by Gasteiger charge is 2.07. The minimum absolute atomic E-state index is 0.102. The van der Waals surface area contributed by atoms with Crippen LogP contribution in [0.5, 0.6) is 5.75 Å². The number of anilines is 1. The first-order valence-corrected chi connectivity index (χ1v) is 5.74. The maximum absolute atomic E-state index is 9.42. The summed E-state index contributed by atoms with van der Waals surface area (Å²) in [6.07, 6.45) is 1.64. The van der Waals surface area contributed by atoms with Gasteiger partial charge in [-0.2, -0.15) is 0 Å². The Balaban J connectivity index is 2.12. The average Bonchev–Trinajstić information content (AvgIpc) is 2.69. The molecule has 2 aromatic rings. The van der Waals surface area contributed by atoms with Gasteiger partial charge in [0.15, 0.2) is 5.75 Å². The number of nitrogens with one attached hydrogen (secondary N) is 2. The predicted octanol–water partition coefficient (Wildman–Crippen LogP) is 3.34. The van der Waals surface area contributed by atoms with E-state index in [2.05, 4.69) is 15.3 Å². The summed E-state index contributed by atoms with van der Waals surface area (Å²) in [5, 5.41) is 13.0. The van der Waals surface area contributed by atoms with Crippen molar-refractivity contribution >= 4 is 28.9 Å². The Morgan fingerprint density at radius 1 is 1.35 bits per heavy atom. The van der Waals surface area contributed by atoms with Gasteiger partial charge < -0.3 is 15.4 Å². The van der Waals surface area contributed by atoms with Crippen LogP contribution in [0, 0.1) is 6.92 Å². The Hall–Kier alpha value is -1.39. The summed E-state index contributed by atoms with van der Waals surface area (Å²) in [5.74, 6) is -0.102. The molecule has 0 aliphatic heterocycles. The van der Waals surface area contributed by atoms with Gasteiger partial charge in [-0.3, -0.25) is 0 Å². The highest BCUT2D eigenvalue weighted by Crippen LogP contribution is 2.34. The first-order chi connectivity index (χ1) is 8.08. The van der Waals surface area contributed by atoms with Crippen molar-refractivity contribution in [2.24, 2.45) is 0 Å². The lowest BCUT2D eigenvalue weighted by Gasteiger charge is -2.08. The Morgan fingerprint density at radius 3 is 2.53 bits per heavy atom. The number of nitrogens with zero attached hydrogens (tertiary/aromatic N) is 1. The molecule has 1 aromatic heterocycles. The number of aromatic hydroxyl groups is 1. The van der Waals surface area contributed by atoms with Crippen LogP contribution in [0.1, 0.15) is 11.4 Å². The predicted molar refractivity (Wildman–Crippen MR) is 68.8 cm³/mol. The molecule has 0 spiro atoms. The zero-order valence-electron chi connectivity index (χ0n) is 9.09. The zero-order chi connectivity index (χ0) is 12.4. The van der Waals surface area contributed by atoms with Crippen LogP contribution in [0.25, 0.3) is 0 Å². The third kappa shape index (κ3) is 2.65. The molecule has 90 valence electrons. The minimum atomic E-state index is -0.102. The number of phenols is 1. The molecule has 6 heteroatoms. The van der Waals surface area contributed by atoms with E-state index in [1.54, 1.807) is 18.5 Å². The maximum atomic E-state index is 9.42. The van der Waals surface area contributed by atoms with Gasteiger partial charge in [0.25, 0.3) is 0 Å². The maximum Gasteiger partial charge on any atom is 0.152 e. The molecule has 0 radical (unpaired) electrons. The van der Waals surface area contributed by atoms with Crippen LogP contribution >= 0.6 is 23.2 Å². The number of phenolic OH excluding ortho intramolecular Hbond substituents is 1. The molecule has 0 bridgehead atoms. The molecule has 1 heterocycles. The summed E-state index contributed by atoms with van der Waals surface area (Å²) in [4.78, 5) is 7.15. The Bertz CT molecular complexity index is 516. The van der Waals surface area contributed by atoms with Gasteiger partial charge in [-0.25, -0.2) is 4.98 Å². The number of rotatable bonds is 3. The number of aromatic amines is 1. The van der Waals surface area contributed by atoms with Crippen LogP contribution in [-0.2, 0) is 6.54 Å². The zero-order valence-corrected chi connectivity index (χ0v) is 10.6. The van der Waals surface area contributed by atoms with Gasteiger partial charge in [0.2, 0.25) is 0 Å². The van der Waals surface area contributed by atoms with Gasteiger partial charge in [-0.15, -0.1) is 0 Å². The summed E-state index contributed by atoms with van der Waals surface area (Å²) in [6.45, 7) is 2.51. The lowest BCUT2D eigenvalue weighted by Crippen LogP contribution is -2.01. The smallest absolute Gasteiger partial charge is 0.152 e. The van der Waals surface area contributed by atoms with E-state index in [0.29, 0.717) is 6.54 Å². The van der Waals surface area contributed by atoms with Crippen molar-refractivity contribution in [1.82, 2.24) is 9.97 Å². The fraction of sp³-hybridized carbons (Fsp3) is 0.182. The number of H-pyrrole nitrogens is 1. The van der Waals surface area contributed by atoms with Crippen molar-refractivity contribution in [1.29, 1.82) is 0 Å². The van der Waals surface area contributed by atoms with Crippen LogP contribution < -0.4 is 5.32 Å². The standard InChI is InChI=1S/C11H11Cl2N3O/c1-6-10(16-5-15-6)4-14-7-2-8(12)11(17)9(13)3-7/h2-3,5,14,17H,4H2,1H3,(H,15,16). The Kier molecular flexibility index (Phi) is 3.45. The summed E-state index contributed by atoms with van der Waals surface area (Å²) in [5.41, 5.74) is 2.67. The van der Waals surface area contributed by atoms with E-state index >= 15 is 0 Å². The van der Waals surface area contributed by atoms with Crippen molar-refractivity contribution in [3.8, 4) is 5.75 Å². The van der Waals surface area contributed by atoms with Gasteiger partial charge >= 0.3 is 0 Å². The van der Waals surface area contributed by atoms with Crippen molar-refractivity contribution in [3.63, 3.8) is 0 Å². The monoisotopic (exact) mass is 271 g/mol. The number of hydrogen-bond donors (Lipinski definition) is 3. The largest absolute Gasteiger partial charge is 0.505 e. The van der Waals surface area contributed by atoms with E-state index in [1.807, 2.05) is 6.92 Å². The van der Waals surface area contributed by atoms with Crippen molar-refractivity contribution in [2.75, 3.05) is 5.32 Å². The molecule has 0 unspecified atom stereocenters. The molecule has 0 amide bonds. The van der Waals surface area contributed by atoms with Crippen LogP contribution in [0.4, 0.5) is 5.69 Å². The van der Waals surface area contributed by atoms with Crippen LogP contribution in [0.2, 0.25) is 10.0 Å². The van der Waals surface area contributed by atoms with Crippen LogP contribution in [0.15, 0.2) is 18.5 Å². The summed E-state index contributed by atoms with van der Waals surface area (Å²) in [6, 6.07) is 3.23. The van der Waals surface area contributed by atoms with Crippen molar-refractivity contribution < 1.29 is 5.11 Å². The van der Waals surface area contributed by atoms with E-state index in [1.165, 1.54) is 0 Å². The molecule has 2 rings (SSSR count). The van der Waals surface area contributed by atoms with E-state index in [-0.39, 0.29) is 15.8 Å². The second-order valence-electron chi connectivity index (χ2n) is 3.62. The van der Waals surface area contributed by atoms with Gasteiger partial charge in [0.05, 0.1) is 28.6 Å². The SMILES string of the molecule is Cc1[nH]cnc1CNc1cc(Cl)c(O)c(Cl)c1. The highest BCUT2D eigenvalue weighted by atomic mass is 35.5. The third-order valence-electron chi connectivity index (χ3n) is 2.41. The molecule has 1 aromatic carbocycles. The minimum Gasteiger partial charge on any atom is -0.505 e. The lowest BCUT2D eigenvalue weighted by molar-refractivity contribution is 0.476. The molecular formula is C11H11Cl2N3O. The second-order valence-corrected chi connectivity index (χ2v) is 4.43. The fourth-order valence-corrected chi connectivity index (χ4v) is 1.91. The molecule has 0 fully saturated rings. The molecule has 0 saturated heterocycles. The number of aryl methyl sites for hydroxylation is 1. The molecular weight excluding hydrogens is 261 g/mol. The summed E-state index contributed by atoms with van der Waals surface area (Å²) < 4.78 is 0. The van der Waals surface area contributed by atoms with Crippen molar-refractivity contribution in [2.45, 2.75) is 13.5 Å². The van der Waals surface area contributed by atoms with Crippen LogP contribution in [-0.4, -0.2) is 15.1 Å². The van der Waals surface area contributed by atoms with Gasteiger partial charge in [0.1, 0.15) is 0 Å². The molecule has 0 saturated carbocycles. The number of benzene rings is 1. The third-order valence-corrected chi connectivity index (χ3v) is 2.99. The van der Waals surface area contributed by atoms with Crippen molar-refractivity contribution in [3.05, 3.63) is 39.9 Å². The number of aromatic nitrogens is 2. The normalized spacial score (nSPS) is 10.5. The fourth-order valence-electron chi connectivity index (χ4n) is 1.42. The lowest BCUT2D eigenvalue weighted by atomic mass is 10.3. The van der Waals surface area contributed by atoms with Gasteiger partial charge in [-0.05, 0) is 19.1 Å². The molecule has 3 N–H and O–H groups in total. The number of hydrogen-bond acceptors (Lipinski definition) is 3. The molecule has 4 nitrogen and oxygen atoms in total. The van der Waals surface area contributed by atoms with Gasteiger partial charge in [0, 0.05) is 11.4 Å². The summed E-state index contributed by atoms with van der Waals surface area (Å²) >= 11 is 11.6. The highest BCUT2D eigenvalue weighted by molar-refractivity contribution is 6.37. The molecule has 0 atom stereocenters. The molecule has 0 aliphatic carbocycles. The molecule has 0 aliphatic rings.